The first kappa shape index (κ1) is 9.73. The minimum absolute atomic E-state index is 0.165. The van der Waals surface area contributed by atoms with Crippen LogP contribution in [0.2, 0.25) is 0 Å². The van der Waals surface area contributed by atoms with E-state index in [9.17, 15) is 4.79 Å². The van der Waals surface area contributed by atoms with E-state index in [2.05, 4.69) is 10.5 Å². The van der Waals surface area contributed by atoms with Crippen molar-refractivity contribution in [1.29, 1.82) is 0 Å². The molecule has 0 bridgehead atoms. The number of carbonyl (C=O) groups excluding carboxylic acids is 1. The molecule has 13 heavy (non-hydrogen) atoms. The maximum Gasteiger partial charge on any atom is 0.289 e. The number of hydrogen-bond acceptors (Lipinski definition) is 4. The lowest BCUT2D eigenvalue weighted by molar-refractivity contribution is 0.0887. The average molecular weight is 184 g/mol. The summed E-state index contributed by atoms with van der Waals surface area (Å²) < 4.78 is 4.71. The van der Waals surface area contributed by atoms with E-state index < -0.39 is 6.10 Å². The molecular weight excluding hydrogens is 172 g/mol. The molecule has 2 N–H and O–H groups in total. The van der Waals surface area contributed by atoms with Gasteiger partial charge in [0.05, 0.1) is 11.8 Å². The largest absolute Gasteiger partial charge is 0.392 e. The highest BCUT2D eigenvalue weighted by atomic mass is 16.5. The van der Waals surface area contributed by atoms with E-state index in [1.165, 1.54) is 6.07 Å². The molecule has 0 aliphatic rings. The van der Waals surface area contributed by atoms with Crippen molar-refractivity contribution in [3.63, 3.8) is 0 Å². The third kappa shape index (κ3) is 2.87. The molecular formula is C8H12N2O3. The zero-order valence-electron chi connectivity index (χ0n) is 7.57. The number of nitrogens with one attached hydrogen (secondary N) is 1. The van der Waals surface area contributed by atoms with Gasteiger partial charge in [0.2, 0.25) is 5.76 Å². The van der Waals surface area contributed by atoms with E-state index in [0.717, 1.165) is 0 Å². The number of amides is 1. The van der Waals surface area contributed by atoms with Crippen LogP contribution in [0.15, 0.2) is 10.6 Å². The molecule has 0 aliphatic heterocycles. The number of rotatable bonds is 3. The highest BCUT2D eigenvalue weighted by Crippen LogP contribution is 2.01. The molecule has 5 heteroatoms. The van der Waals surface area contributed by atoms with Crippen LogP contribution in [0.3, 0.4) is 0 Å². The summed E-state index contributed by atoms with van der Waals surface area (Å²) in [6.45, 7) is 3.53. The van der Waals surface area contributed by atoms with Crippen molar-refractivity contribution in [2.75, 3.05) is 6.54 Å². The molecule has 0 saturated heterocycles. The highest BCUT2D eigenvalue weighted by Gasteiger charge is 2.11. The Kier molecular flexibility index (Phi) is 3.02. The fourth-order valence-corrected chi connectivity index (χ4v) is 0.798. The summed E-state index contributed by atoms with van der Waals surface area (Å²) in [7, 11) is 0. The summed E-state index contributed by atoms with van der Waals surface area (Å²) in [6, 6.07) is 1.54. The molecule has 1 aromatic rings. The summed E-state index contributed by atoms with van der Waals surface area (Å²) in [4.78, 5) is 11.2. The van der Waals surface area contributed by atoms with Gasteiger partial charge in [-0.05, 0) is 13.8 Å². The summed E-state index contributed by atoms with van der Waals surface area (Å²) >= 11 is 0. The van der Waals surface area contributed by atoms with Gasteiger partial charge in [-0.2, -0.15) is 0 Å². The Morgan fingerprint density at radius 3 is 3.00 bits per heavy atom. The standard InChI is InChI=1S/C8H12N2O3/c1-5-3-7(13-10-5)8(12)9-4-6(2)11/h3,6,11H,4H2,1-2H3,(H,9,12). The summed E-state index contributed by atoms with van der Waals surface area (Å²) in [5.41, 5.74) is 0.655. The van der Waals surface area contributed by atoms with Crippen molar-refractivity contribution in [3.8, 4) is 0 Å². The fraction of sp³-hybridized carbons (Fsp3) is 0.500. The number of carbonyl (C=O) groups is 1. The average Bonchev–Trinajstić information content (AvgIpc) is 2.47. The summed E-state index contributed by atoms with van der Waals surface area (Å²) in [5.74, 6) is -0.195. The van der Waals surface area contributed by atoms with Gasteiger partial charge in [-0.25, -0.2) is 0 Å². The fourth-order valence-electron chi connectivity index (χ4n) is 0.798. The van der Waals surface area contributed by atoms with E-state index in [1.807, 2.05) is 0 Å². The Morgan fingerprint density at radius 1 is 1.85 bits per heavy atom. The maximum absolute atomic E-state index is 11.2. The zero-order valence-corrected chi connectivity index (χ0v) is 7.57. The number of nitrogens with zero attached hydrogens (tertiary/aromatic N) is 1. The van der Waals surface area contributed by atoms with Gasteiger partial charge in [-0.1, -0.05) is 5.16 Å². The Morgan fingerprint density at radius 2 is 2.54 bits per heavy atom. The van der Waals surface area contributed by atoms with Crippen molar-refractivity contribution in [2.24, 2.45) is 0 Å². The van der Waals surface area contributed by atoms with Crippen LogP contribution in [-0.2, 0) is 0 Å². The second-order valence-corrected chi connectivity index (χ2v) is 2.89. The van der Waals surface area contributed by atoms with Crippen LogP contribution in [0.4, 0.5) is 0 Å². The normalized spacial score (nSPS) is 12.5. The third-order valence-electron chi connectivity index (χ3n) is 1.41. The molecule has 0 spiro atoms. The molecule has 1 aromatic heterocycles. The predicted octanol–water partition coefficient (Wildman–Crippen LogP) is 0.0936. The van der Waals surface area contributed by atoms with Gasteiger partial charge in [0.1, 0.15) is 0 Å². The van der Waals surface area contributed by atoms with Crippen LogP contribution in [0.25, 0.3) is 0 Å². The molecule has 1 heterocycles. The van der Waals surface area contributed by atoms with Gasteiger partial charge in [0, 0.05) is 12.6 Å². The Bertz CT molecular complexity index is 293. The van der Waals surface area contributed by atoms with Gasteiger partial charge in [0.25, 0.3) is 5.91 Å². The predicted molar refractivity (Wildman–Crippen MR) is 45.3 cm³/mol. The smallest absolute Gasteiger partial charge is 0.289 e. The van der Waals surface area contributed by atoms with Gasteiger partial charge in [-0.15, -0.1) is 0 Å². The first-order valence-corrected chi connectivity index (χ1v) is 3.99. The molecule has 0 radical (unpaired) electrons. The number of aryl methyl sites for hydroxylation is 1. The molecule has 1 atom stereocenters. The van der Waals surface area contributed by atoms with E-state index in [0.29, 0.717) is 5.69 Å². The van der Waals surface area contributed by atoms with Crippen LogP contribution in [0.5, 0.6) is 0 Å². The van der Waals surface area contributed by atoms with E-state index >= 15 is 0 Å². The lowest BCUT2D eigenvalue weighted by Gasteiger charge is -2.03. The van der Waals surface area contributed by atoms with Gasteiger partial charge >= 0.3 is 0 Å². The van der Waals surface area contributed by atoms with Gasteiger partial charge in [-0.3, -0.25) is 4.79 Å². The Hall–Kier alpha value is -1.36. The first-order chi connectivity index (χ1) is 6.09. The molecule has 5 nitrogen and oxygen atoms in total. The van der Waals surface area contributed by atoms with Crippen LogP contribution in [0, 0.1) is 6.92 Å². The maximum atomic E-state index is 11.2. The monoisotopic (exact) mass is 184 g/mol. The molecule has 0 aliphatic carbocycles. The van der Waals surface area contributed by atoms with Crippen molar-refractivity contribution >= 4 is 5.91 Å². The molecule has 72 valence electrons. The Labute approximate surface area is 75.7 Å². The minimum Gasteiger partial charge on any atom is -0.392 e. The molecule has 0 fully saturated rings. The van der Waals surface area contributed by atoms with E-state index in [4.69, 9.17) is 9.63 Å². The topological polar surface area (TPSA) is 75.4 Å². The van der Waals surface area contributed by atoms with Crippen molar-refractivity contribution in [3.05, 3.63) is 17.5 Å². The highest BCUT2D eigenvalue weighted by molar-refractivity contribution is 5.91. The van der Waals surface area contributed by atoms with Crippen molar-refractivity contribution < 1.29 is 14.4 Å². The lowest BCUT2D eigenvalue weighted by Crippen LogP contribution is -2.30. The Balaban J connectivity index is 2.49. The van der Waals surface area contributed by atoms with Crippen LogP contribution in [0.1, 0.15) is 23.2 Å². The summed E-state index contributed by atoms with van der Waals surface area (Å²) in [6.07, 6.45) is -0.562. The number of hydrogen-bond donors (Lipinski definition) is 2. The second-order valence-electron chi connectivity index (χ2n) is 2.89. The van der Waals surface area contributed by atoms with Crippen LogP contribution >= 0.6 is 0 Å². The number of aromatic nitrogens is 1. The zero-order chi connectivity index (χ0) is 9.84. The third-order valence-corrected chi connectivity index (χ3v) is 1.41. The van der Waals surface area contributed by atoms with Gasteiger partial charge < -0.3 is 14.9 Å². The SMILES string of the molecule is Cc1cc(C(=O)NCC(C)O)on1. The van der Waals surface area contributed by atoms with Crippen molar-refractivity contribution in [2.45, 2.75) is 20.0 Å². The molecule has 1 amide bonds. The molecule has 0 saturated carbocycles. The minimum atomic E-state index is -0.562. The summed E-state index contributed by atoms with van der Waals surface area (Å²) in [5, 5.41) is 14.9. The van der Waals surface area contributed by atoms with Gasteiger partial charge in [0.15, 0.2) is 0 Å². The first-order valence-electron chi connectivity index (χ1n) is 3.99. The van der Waals surface area contributed by atoms with Crippen molar-refractivity contribution in [1.82, 2.24) is 10.5 Å². The molecule has 1 rings (SSSR count). The number of aliphatic hydroxyl groups excluding tert-OH is 1. The number of aliphatic hydroxyl groups is 1. The second kappa shape index (κ2) is 4.04. The lowest BCUT2D eigenvalue weighted by atomic mass is 10.3. The van der Waals surface area contributed by atoms with E-state index in [1.54, 1.807) is 13.8 Å². The quantitative estimate of drug-likeness (QED) is 0.698. The van der Waals surface area contributed by atoms with E-state index in [-0.39, 0.29) is 18.2 Å². The van der Waals surface area contributed by atoms with Crippen LogP contribution < -0.4 is 5.32 Å². The molecule has 0 aromatic carbocycles. The van der Waals surface area contributed by atoms with Crippen LogP contribution in [-0.4, -0.2) is 28.8 Å². The molecule has 1 unspecified atom stereocenters.